The number of phenolic OH excluding ortho intramolecular Hbond substituents is 1. The van der Waals surface area contributed by atoms with Crippen molar-refractivity contribution in [3.63, 3.8) is 0 Å². The van der Waals surface area contributed by atoms with E-state index in [0.29, 0.717) is 18.5 Å². The van der Waals surface area contributed by atoms with Gasteiger partial charge in [0.25, 0.3) is 5.91 Å². The number of aromatic hydroxyl groups is 1. The molecule has 17 heavy (non-hydrogen) atoms. The molecule has 2 amide bonds. The van der Waals surface area contributed by atoms with Crippen molar-refractivity contribution in [2.24, 2.45) is 0 Å². The summed E-state index contributed by atoms with van der Waals surface area (Å²) in [7, 11) is 0. The first-order chi connectivity index (χ1) is 8.16. The van der Waals surface area contributed by atoms with Crippen LogP contribution >= 0.6 is 0 Å². The highest BCUT2D eigenvalue weighted by Gasteiger charge is 2.23. The first-order valence-electron chi connectivity index (χ1n) is 5.54. The molecule has 1 atom stereocenters. The van der Waals surface area contributed by atoms with Crippen LogP contribution in [0, 0.1) is 0 Å². The molecule has 1 fully saturated rings. The maximum Gasteiger partial charge on any atom is 0.252 e. The van der Waals surface area contributed by atoms with E-state index in [9.17, 15) is 14.7 Å². The van der Waals surface area contributed by atoms with Crippen LogP contribution in [-0.2, 0) is 4.79 Å². The minimum absolute atomic E-state index is 0.0331. The molecule has 0 saturated carbocycles. The third-order valence-electron chi connectivity index (χ3n) is 2.70. The predicted molar refractivity (Wildman–Crippen MR) is 61.6 cm³/mol. The van der Waals surface area contributed by atoms with Crippen molar-refractivity contribution in [1.82, 2.24) is 10.6 Å². The molecule has 5 heteroatoms. The van der Waals surface area contributed by atoms with Gasteiger partial charge in [-0.2, -0.15) is 0 Å². The van der Waals surface area contributed by atoms with Crippen LogP contribution in [0.4, 0.5) is 0 Å². The summed E-state index contributed by atoms with van der Waals surface area (Å²) < 4.78 is 0. The van der Waals surface area contributed by atoms with Gasteiger partial charge in [-0.25, -0.2) is 0 Å². The summed E-state index contributed by atoms with van der Waals surface area (Å²) in [6.45, 7) is 0.664. The zero-order valence-electron chi connectivity index (χ0n) is 9.27. The summed E-state index contributed by atoms with van der Waals surface area (Å²) in [5.41, 5.74) is 0.350. The lowest BCUT2D eigenvalue weighted by atomic mass is 10.1. The van der Waals surface area contributed by atoms with Crippen molar-refractivity contribution in [2.75, 3.05) is 6.54 Å². The second kappa shape index (κ2) is 4.86. The topological polar surface area (TPSA) is 78.4 Å². The second-order valence-electron chi connectivity index (χ2n) is 4.01. The zero-order chi connectivity index (χ0) is 12.3. The monoisotopic (exact) mass is 234 g/mol. The van der Waals surface area contributed by atoms with Crippen LogP contribution in [0.3, 0.4) is 0 Å². The van der Waals surface area contributed by atoms with E-state index in [1.54, 1.807) is 12.1 Å². The van der Waals surface area contributed by atoms with E-state index in [0.717, 1.165) is 6.42 Å². The highest BCUT2D eigenvalue weighted by atomic mass is 16.3. The number of carbonyl (C=O) groups excluding carboxylic acids is 2. The van der Waals surface area contributed by atoms with E-state index in [2.05, 4.69) is 10.6 Å². The number of rotatable bonds is 2. The molecular weight excluding hydrogens is 220 g/mol. The second-order valence-corrected chi connectivity index (χ2v) is 4.01. The summed E-state index contributed by atoms with van der Waals surface area (Å²) in [5, 5.41) is 14.6. The molecule has 0 bridgehead atoms. The van der Waals surface area contributed by atoms with Crippen molar-refractivity contribution in [2.45, 2.75) is 18.9 Å². The first kappa shape index (κ1) is 11.4. The molecule has 0 aromatic heterocycles. The SMILES string of the molecule is O=C(NC1CCCNC1=O)c1cccc(O)c1. The summed E-state index contributed by atoms with van der Waals surface area (Å²) >= 11 is 0. The van der Waals surface area contributed by atoms with Crippen molar-refractivity contribution in [3.8, 4) is 5.75 Å². The van der Waals surface area contributed by atoms with Crippen LogP contribution in [0.2, 0.25) is 0 Å². The van der Waals surface area contributed by atoms with Crippen molar-refractivity contribution >= 4 is 11.8 Å². The molecular formula is C12H14N2O3. The quantitative estimate of drug-likeness (QED) is 0.693. The predicted octanol–water partition coefficient (Wildman–Crippen LogP) is 0.401. The number of hydrogen-bond donors (Lipinski definition) is 3. The minimum Gasteiger partial charge on any atom is -0.508 e. The van der Waals surface area contributed by atoms with Gasteiger partial charge in [0, 0.05) is 12.1 Å². The van der Waals surface area contributed by atoms with Gasteiger partial charge in [-0.15, -0.1) is 0 Å². The highest BCUT2D eigenvalue weighted by Crippen LogP contribution is 2.11. The third-order valence-corrected chi connectivity index (χ3v) is 2.70. The van der Waals surface area contributed by atoms with Crippen molar-refractivity contribution < 1.29 is 14.7 Å². The van der Waals surface area contributed by atoms with Crippen LogP contribution in [0.5, 0.6) is 5.75 Å². The molecule has 0 aliphatic carbocycles. The summed E-state index contributed by atoms with van der Waals surface area (Å²) in [6, 6.07) is 5.57. The average molecular weight is 234 g/mol. The van der Waals surface area contributed by atoms with Gasteiger partial charge in [-0.3, -0.25) is 9.59 Å². The van der Waals surface area contributed by atoms with Crippen LogP contribution < -0.4 is 10.6 Å². The smallest absolute Gasteiger partial charge is 0.252 e. The molecule has 0 radical (unpaired) electrons. The fourth-order valence-electron chi connectivity index (χ4n) is 1.80. The lowest BCUT2D eigenvalue weighted by Gasteiger charge is -2.22. The number of carbonyl (C=O) groups is 2. The molecule has 1 aromatic carbocycles. The number of piperidine rings is 1. The van der Waals surface area contributed by atoms with Crippen molar-refractivity contribution in [3.05, 3.63) is 29.8 Å². The van der Waals surface area contributed by atoms with Crippen LogP contribution in [0.15, 0.2) is 24.3 Å². The molecule has 1 unspecified atom stereocenters. The maximum absolute atomic E-state index is 11.8. The zero-order valence-corrected chi connectivity index (χ0v) is 9.27. The molecule has 2 rings (SSSR count). The van der Waals surface area contributed by atoms with Crippen molar-refractivity contribution in [1.29, 1.82) is 0 Å². The molecule has 5 nitrogen and oxygen atoms in total. The highest BCUT2D eigenvalue weighted by molar-refractivity contribution is 5.97. The molecule has 3 N–H and O–H groups in total. The third kappa shape index (κ3) is 2.75. The summed E-state index contributed by atoms with van der Waals surface area (Å²) in [6.07, 6.45) is 1.51. The normalized spacial score (nSPS) is 19.5. The Kier molecular flexibility index (Phi) is 3.27. The Morgan fingerprint density at radius 2 is 2.29 bits per heavy atom. The molecule has 1 aliphatic heterocycles. The van der Waals surface area contributed by atoms with E-state index >= 15 is 0 Å². The summed E-state index contributed by atoms with van der Waals surface area (Å²) in [5.74, 6) is -0.460. The Morgan fingerprint density at radius 3 is 3.00 bits per heavy atom. The molecule has 1 saturated heterocycles. The van der Waals surface area contributed by atoms with Crippen LogP contribution in [0.25, 0.3) is 0 Å². The molecule has 1 heterocycles. The van der Waals surface area contributed by atoms with Gasteiger partial charge in [-0.1, -0.05) is 6.07 Å². The standard InChI is InChI=1S/C12H14N2O3/c15-9-4-1-3-8(7-9)11(16)14-10-5-2-6-13-12(10)17/h1,3-4,7,10,15H,2,5-6H2,(H,13,17)(H,14,16). The molecule has 1 aliphatic rings. The van der Waals surface area contributed by atoms with E-state index in [-0.39, 0.29) is 17.6 Å². The van der Waals surface area contributed by atoms with Crippen LogP contribution in [-0.4, -0.2) is 29.5 Å². The maximum atomic E-state index is 11.8. The fraction of sp³-hybridized carbons (Fsp3) is 0.333. The van der Waals surface area contributed by atoms with Crippen LogP contribution in [0.1, 0.15) is 23.2 Å². The average Bonchev–Trinajstić information content (AvgIpc) is 2.32. The van der Waals surface area contributed by atoms with E-state index in [1.165, 1.54) is 12.1 Å². The first-order valence-corrected chi connectivity index (χ1v) is 5.54. The summed E-state index contributed by atoms with van der Waals surface area (Å²) in [4.78, 5) is 23.3. The fourth-order valence-corrected chi connectivity index (χ4v) is 1.80. The number of phenols is 1. The van der Waals surface area contributed by atoms with Gasteiger partial charge < -0.3 is 15.7 Å². The molecule has 0 spiro atoms. The largest absolute Gasteiger partial charge is 0.508 e. The van der Waals surface area contributed by atoms with Gasteiger partial charge in [-0.05, 0) is 31.0 Å². The number of amides is 2. The molecule has 1 aromatic rings. The number of hydrogen-bond acceptors (Lipinski definition) is 3. The minimum atomic E-state index is -0.474. The van der Waals surface area contributed by atoms with Gasteiger partial charge >= 0.3 is 0 Å². The lowest BCUT2D eigenvalue weighted by molar-refractivity contribution is -0.124. The van der Waals surface area contributed by atoms with E-state index in [1.807, 2.05) is 0 Å². The molecule has 90 valence electrons. The Morgan fingerprint density at radius 1 is 1.47 bits per heavy atom. The Hall–Kier alpha value is -2.04. The van der Waals surface area contributed by atoms with E-state index in [4.69, 9.17) is 0 Å². The van der Waals surface area contributed by atoms with Gasteiger partial charge in [0.05, 0.1) is 0 Å². The van der Waals surface area contributed by atoms with E-state index < -0.39 is 6.04 Å². The van der Waals surface area contributed by atoms with Gasteiger partial charge in [0.2, 0.25) is 5.91 Å². The Labute approximate surface area is 98.8 Å². The van der Waals surface area contributed by atoms with Gasteiger partial charge in [0.15, 0.2) is 0 Å². The Bertz CT molecular complexity index is 445. The Balaban J connectivity index is 2.03. The number of nitrogens with one attached hydrogen (secondary N) is 2. The number of benzene rings is 1. The lowest BCUT2D eigenvalue weighted by Crippen LogP contribution is -2.50. The van der Waals surface area contributed by atoms with Gasteiger partial charge in [0.1, 0.15) is 11.8 Å².